The Morgan fingerprint density at radius 3 is 2.68 bits per heavy atom. The third kappa shape index (κ3) is 2.72. The van der Waals surface area contributed by atoms with Crippen LogP contribution in [0.15, 0.2) is 59.9 Å². The van der Waals surface area contributed by atoms with Gasteiger partial charge in [0.1, 0.15) is 0 Å². The van der Waals surface area contributed by atoms with Crippen molar-refractivity contribution in [1.29, 1.82) is 0 Å². The second-order valence-corrected chi connectivity index (χ2v) is 7.22. The quantitative estimate of drug-likeness (QED) is 0.532. The maximum Gasteiger partial charge on any atom is 0.296 e. The number of carbonyl (C=O) groups is 2. The Morgan fingerprint density at radius 2 is 2.00 bits per heavy atom. The van der Waals surface area contributed by atoms with Crippen molar-refractivity contribution < 1.29 is 19.6 Å². The average Bonchev–Trinajstić information content (AvgIpc) is 3.20. The Balaban J connectivity index is 1.91. The smallest absolute Gasteiger partial charge is 0.296 e. The molecular weight excluding hydrogens is 382 g/mol. The summed E-state index contributed by atoms with van der Waals surface area (Å²) in [6.07, 6.45) is 0. The average molecular weight is 395 g/mol. The molecule has 1 amide bonds. The fourth-order valence-corrected chi connectivity index (χ4v) is 4.24. The number of aliphatic hydroxyl groups is 1. The summed E-state index contributed by atoms with van der Waals surface area (Å²) in [4.78, 5) is 41.3. The van der Waals surface area contributed by atoms with E-state index in [2.05, 4.69) is 4.98 Å². The molecule has 140 valence electrons. The molecule has 4 rings (SSSR count). The molecule has 0 bridgehead atoms. The maximum atomic E-state index is 12.8. The van der Waals surface area contributed by atoms with E-state index in [4.69, 9.17) is 0 Å². The minimum absolute atomic E-state index is 0.107. The normalized spacial score (nSPS) is 16.8. The Kier molecular flexibility index (Phi) is 4.16. The van der Waals surface area contributed by atoms with Gasteiger partial charge < -0.3 is 5.11 Å². The predicted molar refractivity (Wildman–Crippen MR) is 103 cm³/mol. The number of nitro benzene ring substituents is 1. The highest BCUT2D eigenvalue weighted by atomic mass is 32.1. The summed E-state index contributed by atoms with van der Waals surface area (Å²) in [5, 5.41) is 21.8. The van der Waals surface area contributed by atoms with Crippen molar-refractivity contribution >= 4 is 44.1 Å². The molecule has 8 nitrogen and oxygen atoms in total. The van der Waals surface area contributed by atoms with Crippen LogP contribution in [-0.4, -0.2) is 26.7 Å². The summed E-state index contributed by atoms with van der Waals surface area (Å²) in [6.45, 7) is 1.24. The first kappa shape index (κ1) is 17.8. The Bertz CT molecular complexity index is 1150. The zero-order valence-electron chi connectivity index (χ0n) is 14.5. The Labute approximate surface area is 162 Å². The number of benzene rings is 2. The molecule has 0 aliphatic carbocycles. The van der Waals surface area contributed by atoms with Gasteiger partial charge in [0.25, 0.3) is 11.6 Å². The maximum absolute atomic E-state index is 12.8. The zero-order chi connectivity index (χ0) is 20.0. The van der Waals surface area contributed by atoms with E-state index in [1.165, 1.54) is 41.4 Å². The van der Waals surface area contributed by atoms with Crippen molar-refractivity contribution in [2.24, 2.45) is 0 Å². The van der Waals surface area contributed by atoms with Crippen molar-refractivity contribution in [3.05, 3.63) is 75.5 Å². The number of nitro groups is 1. The molecule has 1 aliphatic heterocycles. The van der Waals surface area contributed by atoms with Crippen LogP contribution in [0.5, 0.6) is 0 Å². The number of carbonyl (C=O) groups excluding carboxylic acids is 2. The number of thiazole rings is 1. The van der Waals surface area contributed by atoms with Gasteiger partial charge in [-0.15, -0.1) is 0 Å². The van der Waals surface area contributed by atoms with Crippen LogP contribution in [0, 0.1) is 10.1 Å². The monoisotopic (exact) mass is 395 g/mol. The Morgan fingerprint density at radius 1 is 1.25 bits per heavy atom. The van der Waals surface area contributed by atoms with Gasteiger partial charge in [-0.05, 0) is 24.6 Å². The van der Waals surface area contributed by atoms with Crippen molar-refractivity contribution in [3.63, 3.8) is 0 Å². The largest absolute Gasteiger partial charge is 0.503 e. The molecule has 0 unspecified atom stereocenters. The summed E-state index contributed by atoms with van der Waals surface area (Å²) in [5.74, 6) is -1.92. The van der Waals surface area contributed by atoms with E-state index >= 15 is 0 Å². The number of non-ortho nitro benzene ring substituents is 1. The van der Waals surface area contributed by atoms with Crippen LogP contribution in [-0.2, 0) is 9.59 Å². The van der Waals surface area contributed by atoms with Crippen molar-refractivity contribution in [1.82, 2.24) is 4.98 Å². The minimum Gasteiger partial charge on any atom is -0.503 e. The lowest BCUT2D eigenvalue weighted by Crippen LogP contribution is -2.30. The molecule has 2 heterocycles. The molecule has 28 heavy (non-hydrogen) atoms. The van der Waals surface area contributed by atoms with Gasteiger partial charge in [0.05, 0.1) is 26.8 Å². The van der Waals surface area contributed by atoms with Crippen molar-refractivity contribution in [2.75, 3.05) is 4.90 Å². The van der Waals surface area contributed by atoms with Crippen LogP contribution in [0.3, 0.4) is 0 Å². The molecule has 1 aliphatic rings. The molecule has 1 aromatic heterocycles. The predicted octanol–water partition coefficient (Wildman–Crippen LogP) is 3.69. The molecule has 0 saturated carbocycles. The van der Waals surface area contributed by atoms with E-state index in [1.54, 1.807) is 12.1 Å². The van der Waals surface area contributed by atoms with E-state index in [-0.39, 0.29) is 11.3 Å². The standard InChI is InChI=1S/C19H13N3O5S/c1-10(23)15-16(11-5-4-6-12(9-11)22(26)27)21(18(25)17(15)24)19-20-13-7-2-3-8-14(13)28-19/h2-9,16,24H,1H3/t16-/m1/s1. The molecule has 0 spiro atoms. The molecular formula is C19H13N3O5S. The number of hydrogen-bond acceptors (Lipinski definition) is 7. The molecule has 2 aromatic carbocycles. The lowest BCUT2D eigenvalue weighted by molar-refractivity contribution is -0.384. The van der Waals surface area contributed by atoms with Gasteiger partial charge >= 0.3 is 0 Å². The lowest BCUT2D eigenvalue weighted by Gasteiger charge is -2.23. The number of ketones is 1. The van der Waals surface area contributed by atoms with Gasteiger partial charge in [-0.1, -0.05) is 35.6 Å². The van der Waals surface area contributed by atoms with E-state index < -0.39 is 28.4 Å². The summed E-state index contributed by atoms with van der Waals surface area (Å²) in [5.41, 5.74) is 0.730. The van der Waals surface area contributed by atoms with Gasteiger partial charge in [-0.3, -0.25) is 24.6 Å². The molecule has 0 saturated heterocycles. The molecule has 0 fully saturated rings. The van der Waals surface area contributed by atoms with Crippen molar-refractivity contribution in [2.45, 2.75) is 13.0 Å². The second kappa shape index (κ2) is 6.54. The first-order valence-electron chi connectivity index (χ1n) is 8.26. The molecule has 3 aromatic rings. The molecule has 9 heteroatoms. The lowest BCUT2D eigenvalue weighted by atomic mass is 9.96. The van der Waals surface area contributed by atoms with Crippen LogP contribution in [0.1, 0.15) is 18.5 Å². The van der Waals surface area contributed by atoms with Crippen LogP contribution in [0.2, 0.25) is 0 Å². The highest BCUT2D eigenvalue weighted by molar-refractivity contribution is 7.22. The summed E-state index contributed by atoms with van der Waals surface area (Å²) >= 11 is 1.23. The Hall–Kier alpha value is -3.59. The van der Waals surface area contributed by atoms with E-state index in [9.17, 15) is 24.8 Å². The number of anilines is 1. The van der Waals surface area contributed by atoms with Crippen LogP contribution < -0.4 is 4.90 Å². The van der Waals surface area contributed by atoms with E-state index in [1.807, 2.05) is 18.2 Å². The first-order chi connectivity index (χ1) is 13.4. The number of aliphatic hydroxyl groups excluding tert-OH is 1. The topological polar surface area (TPSA) is 114 Å². The number of nitrogens with zero attached hydrogens (tertiary/aromatic N) is 3. The van der Waals surface area contributed by atoms with Crippen LogP contribution in [0.25, 0.3) is 10.2 Å². The number of rotatable bonds is 4. The third-order valence-electron chi connectivity index (χ3n) is 4.47. The zero-order valence-corrected chi connectivity index (χ0v) is 15.3. The fraction of sp³-hybridized carbons (Fsp3) is 0.105. The molecule has 1 N–H and O–H groups in total. The highest BCUT2D eigenvalue weighted by Crippen LogP contribution is 2.43. The SMILES string of the molecule is CC(=O)C1=C(O)C(=O)N(c2nc3ccccc3s2)[C@@H]1c1cccc([N+](=O)[O-])c1. The van der Waals surface area contributed by atoms with Crippen LogP contribution in [0.4, 0.5) is 10.8 Å². The van der Waals surface area contributed by atoms with Gasteiger partial charge in [-0.2, -0.15) is 0 Å². The number of aromatic nitrogens is 1. The summed E-state index contributed by atoms with van der Waals surface area (Å²) < 4.78 is 0.832. The van der Waals surface area contributed by atoms with Crippen molar-refractivity contribution in [3.8, 4) is 0 Å². The number of para-hydroxylation sites is 1. The van der Waals surface area contributed by atoms with E-state index in [0.29, 0.717) is 16.2 Å². The number of amides is 1. The van der Waals surface area contributed by atoms with Gasteiger partial charge in [0, 0.05) is 12.1 Å². The fourth-order valence-electron chi connectivity index (χ4n) is 3.25. The van der Waals surface area contributed by atoms with Gasteiger partial charge in [0.15, 0.2) is 16.7 Å². The second-order valence-electron chi connectivity index (χ2n) is 6.21. The first-order valence-corrected chi connectivity index (χ1v) is 9.07. The van der Waals surface area contributed by atoms with Gasteiger partial charge in [-0.25, -0.2) is 4.98 Å². The van der Waals surface area contributed by atoms with Gasteiger partial charge in [0.2, 0.25) is 0 Å². The highest BCUT2D eigenvalue weighted by Gasteiger charge is 2.44. The molecule has 1 atom stereocenters. The molecule has 0 radical (unpaired) electrons. The number of Topliss-reactive ketones (excluding diaryl/α,β-unsaturated/α-hetero) is 1. The third-order valence-corrected chi connectivity index (χ3v) is 5.51. The summed E-state index contributed by atoms with van der Waals surface area (Å²) in [7, 11) is 0. The van der Waals surface area contributed by atoms with Crippen LogP contribution >= 0.6 is 11.3 Å². The number of hydrogen-bond donors (Lipinski definition) is 1. The summed E-state index contributed by atoms with van der Waals surface area (Å²) in [6, 6.07) is 12.0. The minimum atomic E-state index is -0.995. The number of fused-ring (bicyclic) bond motifs is 1. The van der Waals surface area contributed by atoms with E-state index in [0.717, 1.165) is 4.70 Å².